The number of carbonyl (C=O) groups is 1. The van der Waals surface area contributed by atoms with E-state index < -0.39 is 0 Å². The van der Waals surface area contributed by atoms with Gasteiger partial charge in [-0.25, -0.2) is 0 Å². The predicted octanol–water partition coefficient (Wildman–Crippen LogP) is 3.92. The summed E-state index contributed by atoms with van der Waals surface area (Å²) in [6.45, 7) is 4.70. The fourth-order valence-corrected chi connectivity index (χ4v) is 2.42. The lowest BCUT2D eigenvalue weighted by Crippen LogP contribution is -2.33. The van der Waals surface area contributed by atoms with E-state index in [1.54, 1.807) is 7.11 Å². The summed E-state index contributed by atoms with van der Waals surface area (Å²) in [5.74, 6) is 0.857. The molecule has 1 amide bonds. The van der Waals surface area contributed by atoms with Gasteiger partial charge in [0.2, 0.25) is 0 Å². The molecule has 2 rings (SSSR count). The first-order valence-electron chi connectivity index (χ1n) is 7.17. The Kier molecular flexibility index (Phi) is 4.99. The van der Waals surface area contributed by atoms with Crippen LogP contribution in [0, 0.1) is 0 Å². The molecule has 1 atom stereocenters. The summed E-state index contributed by atoms with van der Waals surface area (Å²) in [5.41, 5.74) is 1.79. The molecule has 0 aliphatic carbocycles. The largest absolute Gasteiger partial charge is 0.497 e. The maximum absolute atomic E-state index is 12.6. The van der Waals surface area contributed by atoms with Crippen LogP contribution in [-0.4, -0.2) is 24.5 Å². The van der Waals surface area contributed by atoms with Gasteiger partial charge in [0, 0.05) is 12.1 Å². The van der Waals surface area contributed by atoms with Crippen LogP contribution in [0.5, 0.6) is 5.75 Å². The zero-order chi connectivity index (χ0) is 15.2. The zero-order valence-electron chi connectivity index (χ0n) is 12.7. The smallest absolute Gasteiger partial charge is 0.254 e. The van der Waals surface area contributed by atoms with E-state index in [0.29, 0.717) is 12.1 Å². The fraction of sp³-hybridized carbons (Fsp3) is 0.278. The van der Waals surface area contributed by atoms with Crippen molar-refractivity contribution in [3.63, 3.8) is 0 Å². The number of ether oxygens (including phenoxy) is 1. The number of benzene rings is 2. The van der Waals surface area contributed by atoms with Crippen LogP contribution in [0.2, 0.25) is 0 Å². The summed E-state index contributed by atoms with van der Waals surface area (Å²) in [6, 6.07) is 17.2. The lowest BCUT2D eigenvalue weighted by atomic mass is 10.1. The first-order chi connectivity index (χ1) is 10.2. The topological polar surface area (TPSA) is 29.5 Å². The minimum atomic E-state index is -0.00203. The molecule has 0 spiro atoms. The van der Waals surface area contributed by atoms with E-state index >= 15 is 0 Å². The molecule has 0 heterocycles. The highest BCUT2D eigenvalue weighted by atomic mass is 16.5. The SMILES string of the molecule is CCN(C(=O)c1ccccc1)C(C)c1cccc(OC)c1. The molecule has 1 unspecified atom stereocenters. The van der Waals surface area contributed by atoms with Crippen molar-refractivity contribution in [2.75, 3.05) is 13.7 Å². The highest BCUT2D eigenvalue weighted by molar-refractivity contribution is 5.94. The molecule has 0 bridgehead atoms. The molecule has 0 aromatic heterocycles. The van der Waals surface area contributed by atoms with Crippen molar-refractivity contribution in [3.8, 4) is 5.75 Å². The number of hydrogen-bond donors (Lipinski definition) is 0. The molecule has 0 aliphatic heterocycles. The molecule has 3 heteroatoms. The van der Waals surface area contributed by atoms with E-state index in [-0.39, 0.29) is 11.9 Å². The molecule has 0 N–H and O–H groups in total. The first-order valence-corrected chi connectivity index (χ1v) is 7.17. The lowest BCUT2D eigenvalue weighted by Gasteiger charge is -2.28. The Morgan fingerprint density at radius 3 is 2.48 bits per heavy atom. The van der Waals surface area contributed by atoms with Gasteiger partial charge in [0.15, 0.2) is 0 Å². The van der Waals surface area contributed by atoms with Crippen LogP contribution >= 0.6 is 0 Å². The third kappa shape index (κ3) is 3.43. The summed E-state index contributed by atoms with van der Waals surface area (Å²) in [7, 11) is 1.65. The second kappa shape index (κ2) is 6.93. The van der Waals surface area contributed by atoms with Gasteiger partial charge in [-0.15, -0.1) is 0 Å². The van der Waals surface area contributed by atoms with Crippen molar-refractivity contribution in [2.45, 2.75) is 19.9 Å². The molecule has 0 radical (unpaired) electrons. The molecule has 2 aromatic rings. The number of hydrogen-bond acceptors (Lipinski definition) is 2. The normalized spacial score (nSPS) is 11.8. The number of rotatable bonds is 5. The maximum atomic E-state index is 12.6. The summed E-state index contributed by atoms with van der Waals surface area (Å²) in [4.78, 5) is 14.5. The Hall–Kier alpha value is -2.29. The highest BCUT2D eigenvalue weighted by Crippen LogP contribution is 2.25. The van der Waals surface area contributed by atoms with E-state index in [9.17, 15) is 4.79 Å². The van der Waals surface area contributed by atoms with Crippen molar-refractivity contribution in [1.82, 2.24) is 4.90 Å². The maximum Gasteiger partial charge on any atom is 0.254 e. The van der Waals surface area contributed by atoms with Gasteiger partial charge in [-0.05, 0) is 43.7 Å². The van der Waals surface area contributed by atoms with Crippen LogP contribution in [0.4, 0.5) is 0 Å². The fourth-order valence-electron chi connectivity index (χ4n) is 2.42. The van der Waals surface area contributed by atoms with Gasteiger partial charge >= 0.3 is 0 Å². The van der Waals surface area contributed by atoms with E-state index in [2.05, 4.69) is 0 Å². The van der Waals surface area contributed by atoms with Crippen LogP contribution in [0.25, 0.3) is 0 Å². The minimum Gasteiger partial charge on any atom is -0.497 e. The summed E-state index contributed by atoms with van der Waals surface area (Å²) >= 11 is 0. The Labute approximate surface area is 126 Å². The van der Waals surface area contributed by atoms with Gasteiger partial charge in [-0.3, -0.25) is 4.79 Å². The monoisotopic (exact) mass is 283 g/mol. The summed E-state index contributed by atoms with van der Waals surface area (Å²) in [6.07, 6.45) is 0. The third-order valence-corrected chi connectivity index (χ3v) is 3.67. The number of nitrogens with zero attached hydrogens (tertiary/aromatic N) is 1. The summed E-state index contributed by atoms with van der Waals surface area (Å²) < 4.78 is 5.26. The number of methoxy groups -OCH3 is 1. The second-order valence-corrected chi connectivity index (χ2v) is 4.91. The van der Waals surface area contributed by atoms with E-state index in [0.717, 1.165) is 11.3 Å². The molecule has 0 aliphatic rings. The molecule has 21 heavy (non-hydrogen) atoms. The highest BCUT2D eigenvalue weighted by Gasteiger charge is 2.21. The summed E-state index contributed by atoms with van der Waals surface area (Å²) in [5, 5.41) is 0. The molecular weight excluding hydrogens is 262 g/mol. The van der Waals surface area contributed by atoms with Gasteiger partial charge in [0.05, 0.1) is 13.2 Å². The first kappa shape index (κ1) is 15.1. The van der Waals surface area contributed by atoms with Crippen molar-refractivity contribution in [3.05, 3.63) is 65.7 Å². The van der Waals surface area contributed by atoms with Crippen molar-refractivity contribution in [2.24, 2.45) is 0 Å². The van der Waals surface area contributed by atoms with Crippen LogP contribution in [0.1, 0.15) is 35.8 Å². The quantitative estimate of drug-likeness (QED) is 0.832. The number of amides is 1. The van der Waals surface area contributed by atoms with E-state index in [4.69, 9.17) is 4.74 Å². The molecule has 2 aromatic carbocycles. The molecule has 3 nitrogen and oxygen atoms in total. The van der Waals surface area contributed by atoms with Crippen molar-refractivity contribution < 1.29 is 9.53 Å². The molecule has 0 fully saturated rings. The Balaban J connectivity index is 2.26. The molecule has 0 saturated heterocycles. The Morgan fingerprint density at radius 2 is 1.86 bits per heavy atom. The van der Waals surface area contributed by atoms with Gasteiger partial charge in [-0.2, -0.15) is 0 Å². The van der Waals surface area contributed by atoms with E-state index in [1.165, 1.54) is 0 Å². The van der Waals surface area contributed by atoms with Gasteiger partial charge < -0.3 is 9.64 Å². The van der Waals surface area contributed by atoms with Crippen molar-refractivity contribution >= 4 is 5.91 Å². The Bertz CT molecular complexity index is 595. The van der Waals surface area contributed by atoms with E-state index in [1.807, 2.05) is 73.3 Å². The van der Waals surface area contributed by atoms with Crippen LogP contribution < -0.4 is 4.74 Å². The van der Waals surface area contributed by atoms with Crippen molar-refractivity contribution in [1.29, 1.82) is 0 Å². The molecular formula is C18H21NO2. The minimum absolute atomic E-state index is 0.00203. The van der Waals surface area contributed by atoms with Gasteiger partial charge in [0.1, 0.15) is 5.75 Å². The molecule has 0 saturated carbocycles. The van der Waals surface area contributed by atoms with Crippen LogP contribution in [0.15, 0.2) is 54.6 Å². The third-order valence-electron chi connectivity index (χ3n) is 3.67. The standard InChI is InChI=1S/C18H21NO2/c1-4-19(18(20)15-9-6-5-7-10-15)14(2)16-11-8-12-17(13-16)21-3/h5-14H,4H2,1-3H3. The average Bonchev–Trinajstić information content (AvgIpc) is 2.56. The average molecular weight is 283 g/mol. The lowest BCUT2D eigenvalue weighted by molar-refractivity contribution is 0.0702. The van der Waals surface area contributed by atoms with Crippen LogP contribution in [-0.2, 0) is 0 Å². The van der Waals surface area contributed by atoms with Crippen LogP contribution in [0.3, 0.4) is 0 Å². The molecule has 110 valence electrons. The van der Waals surface area contributed by atoms with Gasteiger partial charge in [-0.1, -0.05) is 30.3 Å². The predicted molar refractivity (Wildman–Crippen MR) is 84.6 cm³/mol. The zero-order valence-corrected chi connectivity index (χ0v) is 12.7. The second-order valence-electron chi connectivity index (χ2n) is 4.91. The number of carbonyl (C=O) groups excluding carboxylic acids is 1. The Morgan fingerprint density at radius 1 is 1.14 bits per heavy atom. The van der Waals surface area contributed by atoms with Gasteiger partial charge in [0.25, 0.3) is 5.91 Å².